The van der Waals surface area contributed by atoms with Crippen LogP contribution in [0, 0.1) is 21.7 Å². The molecule has 0 atom stereocenters. The summed E-state index contributed by atoms with van der Waals surface area (Å²) in [5.41, 5.74) is -1.18. The van der Waals surface area contributed by atoms with Gasteiger partial charge in [0, 0.05) is 18.7 Å². The summed E-state index contributed by atoms with van der Waals surface area (Å²) < 4.78 is 56.2. The number of esters is 1. The van der Waals surface area contributed by atoms with Crippen molar-refractivity contribution in [1.82, 2.24) is 4.72 Å². The summed E-state index contributed by atoms with van der Waals surface area (Å²) in [7, 11) is -3.37. The molecule has 1 aromatic rings. The lowest BCUT2D eigenvalue weighted by Gasteiger charge is -2.07. The van der Waals surface area contributed by atoms with Crippen LogP contribution in [0.3, 0.4) is 0 Å². The van der Waals surface area contributed by atoms with Crippen LogP contribution in [-0.4, -0.2) is 33.0 Å². The standard InChI is InChI=1S/C10H10F2N2O6S/c1-20-10(15)2-3-13-21(18,19)9-5-8(14(16)17)6(11)4-7(9)12/h4-5,13H,2-3H2,1H3. The fourth-order valence-electron chi connectivity index (χ4n) is 1.33. The van der Waals surface area contributed by atoms with E-state index in [0.717, 1.165) is 7.11 Å². The number of nitrogens with one attached hydrogen (secondary N) is 1. The Kier molecular flexibility index (Phi) is 5.27. The number of hydrogen-bond acceptors (Lipinski definition) is 6. The molecule has 0 bridgehead atoms. The number of rotatable bonds is 6. The summed E-state index contributed by atoms with van der Waals surface area (Å²) in [6.07, 6.45) is -0.319. The van der Waals surface area contributed by atoms with Crippen molar-refractivity contribution < 1.29 is 31.7 Å². The molecule has 0 radical (unpaired) electrons. The quantitative estimate of drug-likeness (QED) is 0.468. The molecule has 0 heterocycles. The number of nitro groups is 1. The SMILES string of the molecule is COC(=O)CCNS(=O)(=O)c1cc([N+](=O)[O-])c(F)cc1F. The van der Waals surface area contributed by atoms with Crippen LogP contribution in [0.1, 0.15) is 6.42 Å². The molecule has 0 aliphatic heterocycles. The van der Waals surface area contributed by atoms with E-state index in [1.807, 2.05) is 4.72 Å². The van der Waals surface area contributed by atoms with Gasteiger partial charge in [0.2, 0.25) is 15.8 Å². The van der Waals surface area contributed by atoms with Crippen LogP contribution in [0.2, 0.25) is 0 Å². The van der Waals surface area contributed by atoms with Crippen molar-refractivity contribution in [3.8, 4) is 0 Å². The molecule has 11 heteroatoms. The van der Waals surface area contributed by atoms with Gasteiger partial charge in [-0.2, -0.15) is 4.39 Å². The molecule has 1 rings (SSSR count). The fourth-order valence-corrected chi connectivity index (χ4v) is 2.44. The summed E-state index contributed by atoms with van der Waals surface area (Å²) in [6.45, 7) is -0.403. The lowest BCUT2D eigenvalue weighted by molar-refractivity contribution is -0.387. The highest BCUT2D eigenvalue weighted by Crippen LogP contribution is 2.24. The number of hydrogen-bond donors (Lipinski definition) is 1. The number of benzene rings is 1. The van der Waals surface area contributed by atoms with E-state index in [9.17, 15) is 32.1 Å². The van der Waals surface area contributed by atoms with E-state index >= 15 is 0 Å². The molecule has 0 saturated heterocycles. The number of ether oxygens (including phenoxy) is 1. The van der Waals surface area contributed by atoms with Gasteiger partial charge >= 0.3 is 11.7 Å². The van der Waals surface area contributed by atoms with Crippen LogP contribution >= 0.6 is 0 Å². The second kappa shape index (κ2) is 6.54. The monoisotopic (exact) mass is 324 g/mol. The zero-order chi connectivity index (χ0) is 16.2. The molecule has 0 spiro atoms. The smallest absolute Gasteiger partial charge is 0.306 e. The Morgan fingerprint density at radius 3 is 2.52 bits per heavy atom. The molecule has 0 aliphatic carbocycles. The van der Waals surface area contributed by atoms with Crippen molar-refractivity contribution in [2.45, 2.75) is 11.3 Å². The number of methoxy groups -OCH3 is 1. The predicted molar refractivity (Wildman–Crippen MR) is 64.8 cm³/mol. The van der Waals surface area contributed by atoms with Gasteiger partial charge < -0.3 is 4.74 Å². The fraction of sp³-hybridized carbons (Fsp3) is 0.300. The molecule has 21 heavy (non-hydrogen) atoms. The largest absolute Gasteiger partial charge is 0.469 e. The Morgan fingerprint density at radius 1 is 1.38 bits per heavy atom. The molecule has 0 fully saturated rings. The summed E-state index contributed by atoms with van der Waals surface area (Å²) in [5.74, 6) is -3.68. The van der Waals surface area contributed by atoms with E-state index in [-0.39, 0.29) is 18.6 Å². The number of sulfonamides is 1. The highest BCUT2D eigenvalue weighted by molar-refractivity contribution is 7.89. The molecule has 0 amide bonds. The topological polar surface area (TPSA) is 116 Å². The zero-order valence-electron chi connectivity index (χ0n) is 10.6. The average molecular weight is 324 g/mol. The first-order valence-electron chi connectivity index (χ1n) is 5.39. The molecule has 8 nitrogen and oxygen atoms in total. The van der Waals surface area contributed by atoms with Crippen molar-refractivity contribution in [2.24, 2.45) is 0 Å². The molecule has 0 aliphatic rings. The Hall–Kier alpha value is -2.14. The van der Waals surface area contributed by atoms with Crippen molar-refractivity contribution >= 4 is 21.7 Å². The Bertz CT molecular complexity index is 676. The van der Waals surface area contributed by atoms with E-state index in [4.69, 9.17) is 0 Å². The van der Waals surface area contributed by atoms with Crippen LogP contribution in [-0.2, 0) is 19.6 Å². The molecule has 0 unspecified atom stereocenters. The first-order chi connectivity index (χ1) is 9.69. The Morgan fingerprint density at radius 2 is 2.00 bits per heavy atom. The zero-order valence-corrected chi connectivity index (χ0v) is 11.4. The van der Waals surface area contributed by atoms with E-state index in [0.29, 0.717) is 0 Å². The minimum absolute atomic E-state index is 0.104. The summed E-state index contributed by atoms with van der Waals surface area (Å²) in [4.78, 5) is 19.1. The van der Waals surface area contributed by atoms with Gasteiger partial charge in [-0.05, 0) is 0 Å². The third kappa shape index (κ3) is 4.16. The second-order valence-electron chi connectivity index (χ2n) is 3.72. The van der Waals surface area contributed by atoms with Gasteiger partial charge in [-0.25, -0.2) is 17.5 Å². The number of nitro benzene ring substituents is 1. The predicted octanol–water partition coefficient (Wildman–Crippen LogP) is 0.714. The van der Waals surface area contributed by atoms with Crippen LogP contribution < -0.4 is 4.72 Å². The maximum atomic E-state index is 13.5. The van der Waals surface area contributed by atoms with Gasteiger partial charge in [0.25, 0.3) is 0 Å². The number of nitrogens with zero attached hydrogens (tertiary/aromatic N) is 1. The average Bonchev–Trinajstić information content (AvgIpc) is 2.37. The van der Waals surface area contributed by atoms with Gasteiger partial charge in [0.05, 0.1) is 18.5 Å². The molecular formula is C10H10F2N2O6S. The van der Waals surface area contributed by atoms with Crippen molar-refractivity contribution in [1.29, 1.82) is 0 Å². The normalized spacial score (nSPS) is 11.2. The molecule has 116 valence electrons. The summed E-state index contributed by atoms with van der Waals surface area (Å²) in [6, 6.07) is 0.373. The van der Waals surface area contributed by atoms with Crippen LogP contribution in [0.5, 0.6) is 0 Å². The Labute approximate surface area is 117 Å². The van der Waals surface area contributed by atoms with Gasteiger partial charge in [-0.1, -0.05) is 0 Å². The van der Waals surface area contributed by atoms with Gasteiger partial charge in [-0.15, -0.1) is 0 Å². The van der Waals surface area contributed by atoms with Gasteiger partial charge in [0.15, 0.2) is 0 Å². The third-order valence-electron chi connectivity index (χ3n) is 2.34. The van der Waals surface area contributed by atoms with Crippen molar-refractivity contribution in [3.05, 3.63) is 33.9 Å². The van der Waals surface area contributed by atoms with E-state index in [1.165, 1.54) is 0 Å². The first-order valence-corrected chi connectivity index (χ1v) is 6.87. The molecule has 1 aromatic carbocycles. The van der Waals surface area contributed by atoms with Crippen LogP contribution in [0.25, 0.3) is 0 Å². The first kappa shape index (κ1) is 16.9. The number of carbonyl (C=O) groups is 1. The highest BCUT2D eigenvalue weighted by atomic mass is 32.2. The van der Waals surface area contributed by atoms with Crippen LogP contribution in [0.4, 0.5) is 14.5 Å². The lowest BCUT2D eigenvalue weighted by Crippen LogP contribution is -2.27. The minimum Gasteiger partial charge on any atom is -0.469 e. The Balaban J connectivity index is 3.05. The number of halogens is 2. The molecule has 0 aromatic heterocycles. The van der Waals surface area contributed by atoms with Crippen LogP contribution in [0.15, 0.2) is 17.0 Å². The van der Waals surface area contributed by atoms with E-state index in [2.05, 4.69) is 4.74 Å². The van der Waals surface area contributed by atoms with Crippen molar-refractivity contribution in [3.63, 3.8) is 0 Å². The lowest BCUT2D eigenvalue weighted by atomic mass is 10.3. The maximum absolute atomic E-state index is 13.5. The molecule has 0 saturated carbocycles. The van der Waals surface area contributed by atoms with E-state index in [1.54, 1.807) is 0 Å². The minimum atomic E-state index is -4.47. The van der Waals surface area contributed by atoms with Crippen molar-refractivity contribution in [2.75, 3.05) is 13.7 Å². The summed E-state index contributed by atoms with van der Waals surface area (Å²) in [5, 5.41) is 10.5. The maximum Gasteiger partial charge on any atom is 0.306 e. The van der Waals surface area contributed by atoms with E-state index < -0.39 is 49.7 Å². The van der Waals surface area contributed by atoms with Gasteiger partial charge in [-0.3, -0.25) is 14.9 Å². The second-order valence-corrected chi connectivity index (χ2v) is 5.45. The molecule has 1 N–H and O–H groups in total. The third-order valence-corrected chi connectivity index (χ3v) is 3.81. The molecular weight excluding hydrogens is 314 g/mol. The highest BCUT2D eigenvalue weighted by Gasteiger charge is 2.26. The summed E-state index contributed by atoms with van der Waals surface area (Å²) >= 11 is 0. The van der Waals surface area contributed by atoms with Gasteiger partial charge in [0.1, 0.15) is 10.7 Å². The number of carbonyl (C=O) groups excluding carboxylic acids is 1.